The lowest BCUT2D eigenvalue weighted by molar-refractivity contribution is -0.115. The molecule has 0 atom stereocenters. The van der Waals surface area contributed by atoms with Crippen LogP contribution in [0.25, 0.3) is 16.9 Å². The number of methoxy groups -OCH3 is 2. The molecule has 0 bridgehead atoms. The van der Waals surface area contributed by atoms with Crippen LogP contribution in [-0.2, 0) is 11.2 Å². The number of para-hydroxylation sites is 2. The Morgan fingerprint density at radius 2 is 1.83 bits per heavy atom. The van der Waals surface area contributed by atoms with E-state index in [1.165, 1.54) is 0 Å². The number of fused-ring (bicyclic) bond motifs is 1. The third-order valence-corrected chi connectivity index (χ3v) is 4.54. The van der Waals surface area contributed by atoms with E-state index in [0.29, 0.717) is 17.2 Å². The van der Waals surface area contributed by atoms with Crippen molar-refractivity contribution in [3.05, 3.63) is 72.7 Å². The van der Waals surface area contributed by atoms with E-state index in [2.05, 4.69) is 15.3 Å². The summed E-state index contributed by atoms with van der Waals surface area (Å²) in [6.45, 7) is 0. The standard InChI is InChI=1S/C22H20N4O3/c1-28-19-9-7-15(11-20(19)29-2)12-22(27)25-16-8-10-21(23-13-16)26-14-24-17-5-3-4-6-18(17)26/h3-11,13-14H,12H2,1-2H3,(H,25,27). The Hall–Kier alpha value is -3.87. The largest absolute Gasteiger partial charge is 0.493 e. The molecule has 0 unspecified atom stereocenters. The van der Waals surface area contributed by atoms with Crippen LogP contribution in [0.1, 0.15) is 5.56 Å². The maximum Gasteiger partial charge on any atom is 0.228 e. The second kappa shape index (κ2) is 8.02. The lowest BCUT2D eigenvalue weighted by Gasteiger charge is -2.10. The second-order valence-electron chi connectivity index (χ2n) is 6.42. The fourth-order valence-electron chi connectivity index (χ4n) is 3.13. The number of hydrogen-bond acceptors (Lipinski definition) is 5. The Morgan fingerprint density at radius 3 is 2.59 bits per heavy atom. The van der Waals surface area contributed by atoms with Crippen molar-refractivity contribution in [2.75, 3.05) is 19.5 Å². The van der Waals surface area contributed by atoms with Crippen molar-refractivity contribution in [3.63, 3.8) is 0 Å². The average molecular weight is 388 g/mol. The van der Waals surface area contributed by atoms with Gasteiger partial charge in [0.05, 0.1) is 43.6 Å². The summed E-state index contributed by atoms with van der Waals surface area (Å²) in [5.41, 5.74) is 3.34. The van der Waals surface area contributed by atoms with Crippen LogP contribution in [0.3, 0.4) is 0 Å². The van der Waals surface area contributed by atoms with Crippen molar-refractivity contribution >= 4 is 22.6 Å². The van der Waals surface area contributed by atoms with Crippen LogP contribution in [0.15, 0.2) is 67.1 Å². The van der Waals surface area contributed by atoms with Crippen molar-refractivity contribution in [1.82, 2.24) is 14.5 Å². The number of hydrogen-bond donors (Lipinski definition) is 1. The quantitative estimate of drug-likeness (QED) is 0.546. The molecule has 0 spiro atoms. The molecule has 146 valence electrons. The van der Waals surface area contributed by atoms with Gasteiger partial charge in [0.1, 0.15) is 12.1 Å². The van der Waals surface area contributed by atoms with E-state index in [4.69, 9.17) is 9.47 Å². The predicted molar refractivity (Wildman–Crippen MR) is 111 cm³/mol. The minimum absolute atomic E-state index is 0.139. The number of carbonyl (C=O) groups excluding carboxylic acids is 1. The number of nitrogens with one attached hydrogen (secondary N) is 1. The maximum absolute atomic E-state index is 12.4. The van der Waals surface area contributed by atoms with E-state index in [-0.39, 0.29) is 12.3 Å². The van der Waals surface area contributed by atoms with Gasteiger partial charge in [-0.1, -0.05) is 18.2 Å². The molecule has 2 heterocycles. The van der Waals surface area contributed by atoms with Crippen LogP contribution < -0.4 is 14.8 Å². The van der Waals surface area contributed by atoms with Crippen molar-refractivity contribution in [2.24, 2.45) is 0 Å². The van der Waals surface area contributed by atoms with Gasteiger partial charge in [0.15, 0.2) is 11.5 Å². The van der Waals surface area contributed by atoms with E-state index < -0.39 is 0 Å². The average Bonchev–Trinajstić information content (AvgIpc) is 3.18. The van der Waals surface area contributed by atoms with Gasteiger partial charge in [0.2, 0.25) is 5.91 Å². The SMILES string of the molecule is COc1ccc(CC(=O)Nc2ccc(-n3cnc4ccccc43)nc2)cc1OC. The van der Waals surface area contributed by atoms with Crippen molar-refractivity contribution in [2.45, 2.75) is 6.42 Å². The van der Waals surface area contributed by atoms with Crippen LogP contribution in [-0.4, -0.2) is 34.7 Å². The van der Waals surface area contributed by atoms with Gasteiger partial charge >= 0.3 is 0 Å². The molecule has 0 radical (unpaired) electrons. The van der Waals surface area contributed by atoms with Gasteiger partial charge in [-0.2, -0.15) is 0 Å². The van der Waals surface area contributed by atoms with Gasteiger partial charge in [-0.25, -0.2) is 9.97 Å². The summed E-state index contributed by atoms with van der Waals surface area (Å²) in [5.74, 6) is 1.82. The first-order valence-electron chi connectivity index (χ1n) is 9.07. The zero-order valence-electron chi connectivity index (χ0n) is 16.1. The van der Waals surface area contributed by atoms with Crippen LogP contribution >= 0.6 is 0 Å². The number of imidazole rings is 1. The number of amides is 1. The Morgan fingerprint density at radius 1 is 1.00 bits per heavy atom. The van der Waals surface area contributed by atoms with Crippen molar-refractivity contribution in [1.29, 1.82) is 0 Å². The van der Waals surface area contributed by atoms with Gasteiger partial charge < -0.3 is 14.8 Å². The highest BCUT2D eigenvalue weighted by atomic mass is 16.5. The van der Waals surface area contributed by atoms with E-state index in [1.54, 1.807) is 38.9 Å². The zero-order valence-corrected chi connectivity index (χ0v) is 16.1. The fourth-order valence-corrected chi connectivity index (χ4v) is 3.13. The first kappa shape index (κ1) is 18.5. The Balaban J connectivity index is 1.45. The number of nitrogens with zero attached hydrogens (tertiary/aromatic N) is 3. The highest BCUT2D eigenvalue weighted by Crippen LogP contribution is 2.27. The number of rotatable bonds is 6. The smallest absolute Gasteiger partial charge is 0.228 e. The molecular weight excluding hydrogens is 368 g/mol. The molecule has 2 aromatic carbocycles. The van der Waals surface area contributed by atoms with Crippen LogP contribution in [0.5, 0.6) is 11.5 Å². The topological polar surface area (TPSA) is 78.3 Å². The third-order valence-electron chi connectivity index (χ3n) is 4.54. The summed E-state index contributed by atoms with van der Waals surface area (Å²) < 4.78 is 12.4. The van der Waals surface area contributed by atoms with Gasteiger partial charge in [-0.3, -0.25) is 9.36 Å². The summed E-state index contributed by atoms with van der Waals surface area (Å²) in [4.78, 5) is 21.2. The minimum Gasteiger partial charge on any atom is -0.493 e. The predicted octanol–water partition coefficient (Wildman–Crippen LogP) is 3.62. The van der Waals surface area contributed by atoms with Gasteiger partial charge in [0.25, 0.3) is 0 Å². The van der Waals surface area contributed by atoms with E-state index in [0.717, 1.165) is 22.4 Å². The molecule has 7 heteroatoms. The molecule has 0 fully saturated rings. The Labute approximate surface area is 167 Å². The van der Waals surface area contributed by atoms with E-state index >= 15 is 0 Å². The number of anilines is 1. The third kappa shape index (κ3) is 3.89. The van der Waals surface area contributed by atoms with Crippen LogP contribution in [0, 0.1) is 0 Å². The molecule has 4 aromatic rings. The zero-order chi connectivity index (χ0) is 20.2. The molecule has 0 saturated carbocycles. The van der Waals surface area contributed by atoms with E-state index in [9.17, 15) is 4.79 Å². The molecule has 4 rings (SSSR count). The van der Waals surface area contributed by atoms with Crippen LogP contribution in [0.2, 0.25) is 0 Å². The molecule has 0 saturated heterocycles. The highest BCUT2D eigenvalue weighted by molar-refractivity contribution is 5.92. The van der Waals surface area contributed by atoms with Crippen molar-refractivity contribution < 1.29 is 14.3 Å². The Bertz CT molecular complexity index is 1150. The minimum atomic E-state index is -0.139. The number of benzene rings is 2. The molecule has 29 heavy (non-hydrogen) atoms. The summed E-state index contributed by atoms with van der Waals surface area (Å²) >= 11 is 0. The number of aromatic nitrogens is 3. The molecule has 1 amide bonds. The van der Waals surface area contributed by atoms with E-state index in [1.807, 2.05) is 47.0 Å². The monoisotopic (exact) mass is 388 g/mol. The van der Waals surface area contributed by atoms with Crippen LogP contribution in [0.4, 0.5) is 5.69 Å². The van der Waals surface area contributed by atoms with Gasteiger partial charge in [-0.15, -0.1) is 0 Å². The summed E-state index contributed by atoms with van der Waals surface area (Å²) in [6.07, 6.45) is 3.59. The molecule has 7 nitrogen and oxygen atoms in total. The number of carbonyl (C=O) groups is 1. The first-order chi connectivity index (χ1) is 14.2. The summed E-state index contributed by atoms with van der Waals surface area (Å²) in [5, 5.41) is 2.87. The lowest BCUT2D eigenvalue weighted by atomic mass is 10.1. The molecule has 0 aliphatic heterocycles. The highest BCUT2D eigenvalue weighted by Gasteiger charge is 2.10. The molecule has 0 aliphatic rings. The second-order valence-corrected chi connectivity index (χ2v) is 6.42. The van der Waals surface area contributed by atoms with Crippen molar-refractivity contribution in [3.8, 4) is 17.3 Å². The lowest BCUT2D eigenvalue weighted by Crippen LogP contribution is -2.14. The molecule has 0 aliphatic carbocycles. The number of ether oxygens (including phenoxy) is 2. The molecule has 1 N–H and O–H groups in total. The first-order valence-corrected chi connectivity index (χ1v) is 9.07. The summed E-state index contributed by atoms with van der Waals surface area (Å²) in [7, 11) is 3.14. The normalized spacial score (nSPS) is 10.7. The maximum atomic E-state index is 12.4. The van der Waals surface area contributed by atoms with Gasteiger partial charge in [0, 0.05) is 0 Å². The van der Waals surface area contributed by atoms with Gasteiger partial charge in [-0.05, 0) is 42.0 Å². The fraction of sp³-hybridized carbons (Fsp3) is 0.136. The molecular formula is C22H20N4O3. The Kier molecular flexibility index (Phi) is 5.11. The summed E-state index contributed by atoms with van der Waals surface area (Å²) in [6, 6.07) is 16.9. The molecule has 2 aromatic heterocycles. The number of pyridine rings is 1.